The molecule has 0 spiro atoms. The molecule has 1 amide bonds. The Morgan fingerprint density at radius 2 is 1.90 bits per heavy atom. The van der Waals surface area contributed by atoms with Crippen molar-refractivity contribution in [2.75, 3.05) is 11.9 Å². The maximum atomic E-state index is 12.0. The van der Waals surface area contributed by atoms with Crippen LogP contribution in [0.25, 0.3) is 0 Å². The fraction of sp³-hybridized carbons (Fsp3) is 0.500. The second kappa shape index (κ2) is 5.93. The van der Waals surface area contributed by atoms with E-state index < -0.39 is 6.36 Å². The van der Waals surface area contributed by atoms with Gasteiger partial charge in [0.15, 0.2) is 0 Å². The Balaban J connectivity index is 1.89. The summed E-state index contributed by atoms with van der Waals surface area (Å²) in [6, 6.07) is 5.06. The Bertz CT molecular complexity index is 490. The predicted octanol–water partition coefficient (Wildman–Crippen LogP) is 3.04. The number of carbonyl (C=O) groups excluding carboxylic acids is 1. The molecule has 0 atom stereocenters. The van der Waals surface area contributed by atoms with Crippen LogP contribution in [-0.2, 0) is 4.79 Å². The number of nitrogens with one attached hydrogen (secondary N) is 1. The third kappa shape index (κ3) is 4.35. The molecular formula is C14H17F3N2O2. The summed E-state index contributed by atoms with van der Waals surface area (Å²) in [5, 5.41) is 2.66. The maximum Gasteiger partial charge on any atom is 0.573 e. The third-order valence-corrected chi connectivity index (χ3v) is 3.75. The number of rotatable bonds is 5. The summed E-state index contributed by atoms with van der Waals surface area (Å²) in [7, 11) is 0. The molecule has 21 heavy (non-hydrogen) atoms. The highest BCUT2D eigenvalue weighted by Crippen LogP contribution is 2.43. The van der Waals surface area contributed by atoms with Crippen LogP contribution >= 0.6 is 0 Å². The molecule has 0 aliphatic heterocycles. The van der Waals surface area contributed by atoms with Crippen molar-refractivity contribution >= 4 is 11.6 Å². The van der Waals surface area contributed by atoms with Crippen LogP contribution in [0.4, 0.5) is 18.9 Å². The van der Waals surface area contributed by atoms with Gasteiger partial charge in [0.25, 0.3) is 0 Å². The van der Waals surface area contributed by atoms with Crippen LogP contribution in [0.2, 0.25) is 0 Å². The maximum absolute atomic E-state index is 12.0. The van der Waals surface area contributed by atoms with Gasteiger partial charge in [-0.25, -0.2) is 0 Å². The minimum absolute atomic E-state index is 0.108. The highest BCUT2D eigenvalue weighted by atomic mass is 19.4. The molecule has 2 rings (SSSR count). The first kappa shape index (κ1) is 15.6. The Morgan fingerprint density at radius 1 is 1.29 bits per heavy atom. The second-order valence-electron chi connectivity index (χ2n) is 5.35. The van der Waals surface area contributed by atoms with Gasteiger partial charge in [-0.3, -0.25) is 4.79 Å². The van der Waals surface area contributed by atoms with Gasteiger partial charge < -0.3 is 15.8 Å². The van der Waals surface area contributed by atoms with E-state index in [1.54, 1.807) is 0 Å². The molecule has 1 aromatic rings. The van der Waals surface area contributed by atoms with Crippen molar-refractivity contribution in [3.8, 4) is 5.75 Å². The van der Waals surface area contributed by atoms with E-state index in [0.717, 1.165) is 31.4 Å². The van der Waals surface area contributed by atoms with E-state index >= 15 is 0 Å². The van der Waals surface area contributed by atoms with E-state index in [4.69, 9.17) is 5.73 Å². The van der Waals surface area contributed by atoms with Crippen molar-refractivity contribution in [1.29, 1.82) is 0 Å². The van der Waals surface area contributed by atoms with Gasteiger partial charge in [-0.1, -0.05) is 6.42 Å². The molecule has 1 aliphatic carbocycles. The van der Waals surface area contributed by atoms with Crippen LogP contribution in [0.3, 0.4) is 0 Å². The molecule has 3 N–H and O–H groups in total. The van der Waals surface area contributed by atoms with E-state index in [0.29, 0.717) is 18.7 Å². The standard InChI is InChI=1S/C14H17F3N2O2/c15-14(16,17)21-11-4-2-10(3-5-11)19-12(20)8-13(9-18)6-1-7-13/h2-5H,1,6-9,18H2,(H,19,20). The number of amides is 1. The van der Waals surface area contributed by atoms with Gasteiger partial charge in [0, 0.05) is 12.1 Å². The number of ether oxygens (including phenoxy) is 1. The zero-order chi connectivity index (χ0) is 15.5. The summed E-state index contributed by atoms with van der Waals surface area (Å²) in [4.78, 5) is 11.9. The number of hydrogen-bond acceptors (Lipinski definition) is 3. The smallest absolute Gasteiger partial charge is 0.406 e. The monoisotopic (exact) mass is 302 g/mol. The number of halogens is 3. The number of alkyl halides is 3. The van der Waals surface area contributed by atoms with E-state index in [-0.39, 0.29) is 17.1 Å². The normalized spacial score (nSPS) is 17.0. The Kier molecular flexibility index (Phi) is 4.41. The van der Waals surface area contributed by atoms with Crippen LogP contribution in [0, 0.1) is 5.41 Å². The second-order valence-corrected chi connectivity index (χ2v) is 5.35. The molecule has 4 nitrogen and oxygen atoms in total. The van der Waals surface area contributed by atoms with Crippen LogP contribution in [-0.4, -0.2) is 18.8 Å². The van der Waals surface area contributed by atoms with Crippen molar-refractivity contribution in [1.82, 2.24) is 0 Å². The van der Waals surface area contributed by atoms with Crippen molar-refractivity contribution < 1.29 is 22.7 Å². The van der Waals surface area contributed by atoms with Crippen LogP contribution in [0.1, 0.15) is 25.7 Å². The Morgan fingerprint density at radius 3 is 2.33 bits per heavy atom. The number of nitrogens with two attached hydrogens (primary N) is 1. The zero-order valence-electron chi connectivity index (χ0n) is 11.4. The molecule has 7 heteroatoms. The van der Waals surface area contributed by atoms with E-state index in [9.17, 15) is 18.0 Å². The summed E-state index contributed by atoms with van der Waals surface area (Å²) >= 11 is 0. The molecule has 0 heterocycles. The minimum Gasteiger partial charge on any atom is -0.406 e. The van der Waals surface area contributed by atoms with Gasteiger partial charge in [0.1, 0.15) is 5.75 Å². The van der Waals surface area contributed by atoms with Crippen LogP contribution in [0.15, 0.2) is 24.3 Å². The quantitative estimate of drug-likeness (QED) is 0.878. The van der Waals surface area contributed by atoms with E-state index in [1.807, 2.05) is 0 Å². The lowest BCUT2D eigenvalue weighted by Crippen LogP contribution is -2.40. The molecule has 1 aromatic carbocycles. The first-order valence-corrected chi connectivity index (χ1v) is 6.68. The molecule has 0 aromatic heterocycles. The average molecular weight is 302 g/mol. The zero-order valence-corrected chi connectivity index (χ0v) is 11.4. The summed E-state index contributed by atoms with van der Waals surface area (Å²) in [6.07, 6.45) is -1.43. The van der Waals surface area contributed by atoms with E-state index in [1.165, 1.54) is 12.1 Å². The van der Waals surface area contributed by atoms with Gasteiger partial charge >= 0.3 is 6.36 Å². The number of benzene rings is 1. The topological polar surface area (TPSA) is 64.4 Å². The molecule has 0 saturated heterocycles. The van der Waals surface area contributed by atoms with Crippen molar-refractivity contribution in [2.45, 2.75) is 32.0 Å². The SMILES string of the molecule is NCC1(CC(=O)Nc2ccc(OC(F)(F)F)cc2)CCC1. The van der Waals surface area contributed by atoms with Gasteiger partial charge in [-0.05, 0) is 49.1 Å². The highest BCUT2D eigenvalue weighted by Gasteiger charge is 2.37. The highest BCUT2D eigenvalue weighted by molar-refractivity contribution is 5.91. The average Bonchev–Trinajstić information content (AvgIpc) is 2.34. The van der Waals surface area contributed by atoms with Gasteiger partial charge in [-0.15, -0.1) is 13.2 Å². The summed E-state index contributed by atoms with van der Waals surface area (Å²) in [6.45, 7) is 0.471. The van der Waals surface area contributed by atoms with Gasteiger partial charge in [-0.2, -0.15) is 0 Å². The van der Waals surface area contributed by atoms with Gasteiger partial charge in [0.05, 0.1) is 0 Å². The fourth-order valence-electron chi connectivity index (χ4n) is 2.42. The molecule has 1 saturated carbocycles. The van der Waals surface area contributed by atoms with Crippen LogP contribution < -0.4 is 15.8 Å². The predicted molar refractivity (Wildman–Crippen MR) is 71.7 cm³/mol. The molecule has 0 bridgehead atoms. The lowest BCUT2D eigenvalue weighted by molar-refractivity contribution is -0.274. The van der Waals surface area contributed by atoms with Gasteiger partial charge in [0.2, 0.25) is 5.91 Å². The first-order chi connectivity index (χ1) is 9.82. The van der Waals surface area contributed by atoms with Crippen molar-refractivity contribution in [2.24, 2.45) is 11.1 Å². The lowest BCUT2D eigenvalue weighted by atomic mass is 9.66. The minimum atomic E-state index is -4.72. The molecule has 0 radical (unpaired) electrons. The molecule has 1 aliphatic rings. The molecule has 0 unspecified atom stereocenters. The van der Waals surface area contributed by atoms with Crippen LogP contribution in [0.5, 0.6) is 5.75 Å². The summed E-state index contributed by atoms with van der Waals surface area (Å²) < 4.78 is 39.8. The molecular weight excluding hydrogens is 285 g/mol. The fourth-order valence-corrected chi connectivity index (χ4v) is 2.42. The summed E-state index contributed by atoms with van der Waals surface area (Å²) in [5.41, 5.74) is 6.01. The Hall–Kier alpha value is -1.76. The molecule has 116 valence electrons. The third-order valence-electron chi connectivity index (χ3n) is 3.75. The lowest BCUT2D eigenvalue weighted by Gasteiger charge is -2.40. The van der Waals surface area contributed by atoms with E-state index in [2.05, 4.69) is 10.1 Å². The number of carbonyl (C=O) groups is 1. The largest absolute Gasteiger partial charge is 0.573 e. The number of anilines is 1. The van der Waals surface area contributed by atoms with Crippen molar-refractivity contribution in [3.63, 3.8) is 0 Å². The summed E-state index contributed by atoms with van der Waals surface area (Å²) in [5.74, 6) is -0.498. The number of hydrogen-bond donors (Lipinski definition) is 2. The Labute approximate surface area is 120 Å². The molecule has 1 fully saturated rings. The van der Waals surface area contributed by atoms with Crippen molar-refractivity contribution in [3.05, 3.63) is 24.3 Å². The first-order valence-electron chi connectivity index (χ1n) is 6.68.